The number of benzene rings is 2. The fourth-order valence-electron chi connectivity index (χ4n) is 2.93. The first-order valence-corrected chi connectivity index (χ1v) is 9.52. The molecule has 0 aliphatic rings. The van der Waals surface area contributed by atoms with Crippen LogP contribution < -0.4 is 5.63 Å². The minimum Gasteiger partial charge on any atom is -0.421 e. The van der Waals surface area contributed by atoms with Crippen LogP contribution in [0.15, 0.2) is 51.0 Å². The van der Waals surface area contributed by atoms with Gasteiger partial charge in [-0.05, 0) is 37.6 Å². The molecule has 2 aromatic heterocycles. The lowest BCUT2D eigenvalue weighted by atomic mass is 10.0. The van der Waals surface area contributed by atoms with Crippen LogP contribution in [0.4, 0.5) is 0 Å². The van der Waals surface area contributed by atoms with Crippen LogP contribution >= 0.6 is 34.5 Å². The Labute approximate surface area is 163 Å². The highest BCUT2D eigenvalue weighted by molar-refractivity contribution is 7.13. The van der Waals surface area contributed by atoms with E-state index in [0.29, 0.717) is 31.6 Å². The lowest BCUT2D eigenvalue weighted by Gasteiger charge is -2.04. The zero-order chi connectivity index (χ0) is 18.4. The number of rotatable bonds is 2. The van der Waals surface area contributed by atoms with E-state index in [2.05, 4.69) is 31.0 Å². The number of hydrogen-bond donors (Lipinski definition) is 0. The van der Waals surface area contributed by atoms with Crippen LogP contribution in [0.5, 0.6) is 0 Å². The van der Waals surface area contributed by atoms with E-state index in [1.807, 2.05) is 11.4 Å². The normalized spacial score (nSPS) is 11.2. The predicted octanol–water partition coefficient (Wildman–Crippen LogP) is 6.51. The van der Waals surface area contributed by atoms with Crippen LogP contribution in [0.25, 0.3) is 32.8 Å². The molecule has 2 heterocycles. The van der Waals surface area contributed by atoms with Gasteiger partial charge in [0.25, 0.3) is 0 Å². The van der Waals surface area contributed by atoms with Crippen molar-refractivity contribution in [2.45, 2.75) is 13.8 Å². The SMILES string of the molecule is Cc1ccc(-c2csc(-c3cc4cc(Cl)cc(Cl)c4oc3=O)n2)c(C)c1. The molecule has 0 fully saturated rings. The van der Waals surface area contributed by atoms with Gasteiger partial charge in [-0.25, -0.2) is 9.78 Å². The minimum absolute atomic E-state index is 0.311. The van der Waals surface area contributed by atoms with Gasteiger partial charge >= 0.3 is 5.63 Å². The first-order chi connectivity index (χ1) is 12.4. The number of hydrogen-bond acceptors (Lipinski definition) is 4. The summed E-state index contributed by atoms with van der Waals surface area (Å²) in [5, 5.41) is 4.01. The smallest absolute Gasteiger partial charge is 0.346 e. The Morgan fingerprint density at radius 3 is 2.62 bits per heavy atom. The number of nitrogens with zero attached hydrogens (tertiary/aromatic N) is 1. The maximum Gasteiger partial charge on any atom is 0.346 e. The first-order valence-electron chi connectivity index (χ1n) is 7.89. The topological polar surface area (TPSA) is 43.1 Å². The molecule has 4 aromatic rings. The van der Waals surface area contributed by atoms with Gasteiger partial charge in [0.15, 0.2) is 5.58 Å². The second-order valence-corrected chi connectivity index (χ2v) is 7.81. The van der Waals surface area contributed by atoms with E-state index in [4.69, 9.17) is 27.6 Å². The summed E-state index contributed by atoms with van der Waals surface area (Å²) < 4.78 is 5.41. The van der Waals surface area contributed by atoms with Gasteiger partial charge in [-0.15, -0.1) is 11.3 Å². The molecule has 0 saturated heterocycles. The average Bonchev–Trinajstić information content (AvgIpc) is 3.04. The maximum absolute atomic E-state index is 12.4. The van der Waals surface area contributed by atoms with E-state index < -0.39 is 5.63 Å². The van der Waals surface area contributed by atoms with Crippen LogP contribution in [0.2, 0.25) is 10.0 Å². The van der Waals surface area contributed by atoms with E-state index in [0.717, 1.165) is 16.8 Å². The van der Waals surface area contributed by atoms with Crippen molar-refractivity contribution in [1.29, 1.82) is 0 Å². The lowest BCUT2D eigenvalue weighted by molar-refractivity contribution is 0.563. The third-order valence-electron chi connectivity index (χ3n) is 4.14. The van der Waals surface area contributed by atoms with Gasteiger partial charge in [0.05, 0.1) is 16.3 Å². The fourth-order valence-corrected chi connectivity index (χ4v) is 4.30. The average molecular weight is 402 g/mol. The van der Waals surface area contributed by atoms with E-state index >= 15 is 0 Å². The summed E-state index contributed by atoms with van der Waals surface area (Å²) in [6.07, 6.45) is 0. The molecular weight excluding hydrogens is 389 g/mol. The molecule has 0 bridgehead atoms. The Hall–Kier alpha value is -2.14. The molecule has 0 aliphatic carbocycles. The molecule has 0 radical (unpaired) electrons. The molecule has 0 saturated carbocycles. The Morgan fingerprint density at radius 2 is 1.85 bits per heavy atom. The molecule has 130 valence electrons. The monoisotopic (exact) mass is 401 g/mol. The van der Waals surface area contributed by atoms with Crippen molar-refractivity contribution in [3.63, 3.8) is 0 Å². The summed E-state index contributed by atoms with van der Waals surface area (Å²) in [5.41, 5.74) is 4.49. The number of thiazole rings is 1. The van der Waals surface area contributed by atoms with E-state index in [9.17, 15) is 4.79 Å². The molecule has 0 amide bonds. The van der Waals surface area contributed by atoms with Crippen molar-refractivity contribution >= 4 is 45.5 Å². The summed E-state index contributed by atoms with van der Waals surface area (Å²) in [6, 6.07) is 11.2. The Kier molecular flexibility index (Phi) is 4.35. The lowest BCUT2D eigenvalue weighted by Crippen LogP contribution is -2.02. The van der Waals surface area contributed by atoms with Gasteiger partial charge in [0.2, 0.25) is 0 Å². The van der Waals surface area contributed by atoms with Crippen molar-refractivity contribution in [2.24, 2.45) is 0 Å². The first kappa shape index (κ1) is 17.3. The molecule has 26 heavy (non-hydrogen) atoms. The van der Waals surface area contributed by atoms with Gasteiger partial charge in [-0.2, -0.15) is 0 Å². The molecule has 0 unspecified atom stereocenters. The van der Waals surface area contributed by atoms with Crippen LogP contribution in [0, 0.1) is 13.8 Å². The Bertz CT molecular complexity index is 1210. The third-order valence-corrected chi connectivity index (χ3v) is 5.52. The van der Waals surface area contributed by atoms with Crippen molar-refractivity contribution in [3.8, 4) is 21.8 Å². The van der Waals surface area contributed by atoms with Crippen molar-refractivity contribution in [2.75, 3.05) is 0 Å². The van der Waals surface area contributed by atoms with Gasteiger partial charge in [-0.1, -0.05) is 47.0 Å². The minimum atomic E-state index is -0.469. The molecule has 2 aromatic carbocycles. The number of halogens is 2. The zero-order valence-electron chi connectivity index (χ0n) is 14.0. The van der Waals surface area contributed by atoms with Crippen LogP contribution in [-0.2, 0) is 0 Å². The van der Waals surface area contributed by atoms with Crippen LogP contribution in [-0.4, -0.2) is 4.98 Å². The van der Waals surface area contributed by atoms with Crippen molar-refractivity contribution in [1.82, 2.24) is 4.98 Å². The fraction of sp³-hybridized carbons (Fsp3) is 0.100. The number of fused-ring (bicyclic) bond motifs is 1. The second-order valence-electron chi connectivity index (χ2n) is 6.11. The van der Waals surface area contributed by atoms with Crippen molar-refractivity contribution in [3.05, 3.63) is 73.4 Å². The summed E-state index contributed by atoms with van der Waals surface area (Å²) >= 11 is 13.6. The van der Waals surface area contributed by atoms with Gasteiger partial charge in [0, 0.05) is 21.4 Å². The number of aryl methyl sites for hydroxylation is 2. The summed E-state index contributed by atoms with van der Waals surface area (Å²) in [7, 11) is 0. The molecule has 3 nitrogen and oxygen atoms in total. The highest BCUT2D eigenvalue weighted by atomic mass is 35.5. The largest absolute Gasteiger partial charge is 0.421 e. The third kappa shape index (κ3) is 3.05. The highest BCUT2D eigenvalue weighted by Gasteiger charge is 2.15. The number of aromatic nitrogens is 1. The summed E-state index contributed by atoms with van der Waals surface area (Å²) in [5.74, 6) is 0. The molecule has 0 spiro atoms. The summed E-state index contributed by atoms with van der Waals surface area (Å²) in [4.78, 5) is 17.1. The van der Waals surface area contributed by atoms with Crippen LogP contribution in [0.1, 0.15) is 11.1 Å². The second kappa shape index (κ2) is 6.54. The molecule has 0 atom stereocenters. The predicted molar refractivity (Wildman–Crippen MR) is 109 cm³/mol. The molecule has 0 N–H and O–H groups in total. The molecule has 4 rings (SSSR count). The maximum atomic E-state index is 12.4. The van der Waals surface area contributed by atoms with Gasteiger partial charge < -0.3 is 4.42 Å². The highest BCUT2D eigenvalue weighted by Crippen LogP contribution is 2.33. The van der Waals surface area contributed by atoms with E-state index in [1.165, 1.54) is 16.9 Å². The van der Waals surface area contributed by atoms with E-state index in [-0.39, 0.29) is 0 Å². The van der Waals surface area contributed by atoms with E-state index in [1.54, 1.807) is 18.2 Å². The molecule has 6 heteroatoms. The zero-order valence-corrected chi connectivity index (χ0v) is 16.3. The molecular formula is C20H13Cl2NO2S. The summed E-state index contributed by atoms with van der Waals surface area (Å²) in [6.45, 7) is 4.11. The van der Waals surface area contributed by atoms with Crippen LogP contribution in [0.3, 0.4) is 0 Å². The van der Waals surface area contributed by atoms with Crippen molar-refractivity contribution < 1.29 is 4.42 Å². The van der Waals surface area contributed by atoms with Gasteiger partial charge in [-0.3, -0.25) is 0 Å². The van der Waals surface area contributed by atoms with Gasteiger partial charge in [0.1, 0.15) is 5.01 Å². The standard InChI is InChI=1S/C20H13Cl2NO2S/c1-10-3-4-14(11(2)5-10)17-9-26-19(23-17)15-7-12-6-13(21)8-16(22)18(12)25-20(15)24/h3-9H,1-2H3. The Balaban J connectivity index is 1.85. The quantitative estimate of drug-likeness (QED) is 0.359. The molecule has 0 aliphatic heterocycles. The Morgan fingerprint density at radius 1 is 1.04 bits per heavy atom.